The van der Waals surface area contributed by atoms with Gasteiger partial charge in [0, 0.05) is 13.0 Å². The van der Waals surface area contributed by atoms with Crippen LogP contribution in [0.15, 0.2) is 70.2 Å². The Bertz CT molecular complexity index is 1220. The second-order valence-corrected chi connectivity index (χ2v) is 8.67. The molecule has 0 spiro atoms. The largest absolute Gasteiger partial charge is 0.488 e. The minimum atomic E-state index is -0.619. The van der Waals surface area contributed by atoms with E-state index in [2.05, 4.69) is 31.8 Å². The number of hydrogen-bond donors (Lipinski definition) is 2. The lowest BCUT2D eigenvalue weighted by molar-refractivity contribution is -0.120. The molecule has 34 heavy (non-hydrogen) atoms. The molecule has 0 fully saturated rings. The number of carbonyl (C=O) groups excluding carboxylic acids is 2. The van der Waals surface area contributed by atoms with Crippen LogP contribution in [0.2, 0.25) is 10.0 Å². The average molecular weight is 567 g/mol. The Labute approximate surface area is 214 Å². The fourth-order valence-electron chi connectivity index (χ4n) is 2.77. The lowest BCUT2D eigenvalue weighted by atomic mass is 10.2. The van der Waals surface area contributed by atoms with E-state index in [4.69, 9.17) is 27.9 Å². The van der Waals surface area contributed by atoms with Gasteiger partial charge in [-0.1, -0.05) is 41.4 Å². The fraction of sp³-hybridized carbons (Fsp3) is 0.125. The van der Waals surface area contributed by atoms with Crippen LogP contribution in [0.5, 0.6) is 5.75 Å². The van der Waals surface area contributed by atoms with E-state index in [-0.39, 0.29) is 18.5 Å². The summed E-state index contributed by atoms with van der Waals surface area (Å²) in [6.07, 6.45) is 1.46. The van der Waals surface area contributed by atoms with Gasteiger partial charge in [0.15, 0.2) is 0 Å². The molecule has 2 amide bonds. The highest BCUT2D eigenvalue weighted by molar-refractivity contribution is 9.10. The molecule has 0 aliphatic carbocycles. The summed E-state index contributed by atoms with van der Waals surface area (Å²) in [7, 11) is 0. The van der Waals surface area contributed by atoms with E-state index in [1.54, 1.807) is 36.4 Å². The number of nitrogens with one attached hydrogen (secondary N) is 2. The summed E-state index contributed by atoms with van der Waals surface area (Å²) in [5.74, 6) is -0.977. The van der Waals surface area contributed by atoms with Gasteiger partial charge in [-0.3, -0.25) is 9.59 Å². The van der Waals surface area contributed by atoms with Gasteiger partial charge in [-0.05, 0) is 69.5 Å². The Kier molecular flexibility index (Phi) is 9.44. The number of ether oxygens (including phenoxy) is 1. The van der Waals surface area contributed by atoms with Crippen LogP contribution in [0.1, 0.15) is 27.9 Å². The van der Waals surface area contributed by atoms with Crippen molar-refractivity contribution < 1.29 is 18.7 Å². The number of benzene rings is 3. The number of hydrazone groups is 1. The van der Waals surface area contributed by atoms with E-state index in [0.717, 1.165) is 11.1 Å². The van der Waals surface area contributed by atoms with E-state index >= 15 is 0 Å². The summed E-state index contributed by atoms with van der Waals surface area (Å²) >= 11 is 15.4. The van der Waals surface area contributed by atoms with Crippen LogP contribution in [0.4, 0.5) is 4.39 Å². The standard InChI is InChI=1S/C24H19BrCl2FN3O3/c25-18-11-15(6-8-22(18)34-14-16-5-7-19(26)20(27)12-16)13-30-31-23(32)9-10-29-24(33)17-3-1-2-4-21(17)28/h1-8,11-13H,9-10,14H2,(H,29,33)(H,31,32). The molecule has 0 aromatic heterocycles. The smallest absolute Gasteiger partial charge is 0.254 e. The minimum absolute atomic E-state index is 0.0112. The van der Waals surface area contributed by atoms with Crippen LogP contribution in [0, 0.1) is 5.82 Å². The van der Waals surface area contributed by atoms with Gasteiger partial charge in [0.2, 0.25) is 5.91 Å². The molecule has 0 heterocycles. The summed E-state index contributed by atoms with van der Waals surface area (Å²) in [4.78, 5) is 23.8. The number of rotatable bonds is 9. The van der Waals surface area contributed by atoms with Crippen molar-refractivity contribution in [2.75, 3.05) is 6.54 Å². The van der Waals surface area contributed by atoms with Gasteiger partial charge in [0.25, 0.3) is 5.91 Å². The molecule has 0 aliphatic heterocycles. The molecule has 6 nitrogen and oxygen atoms in total. The second-order valence-electron chi connectivity index (χ2n) is 7.01. The van der Waals surface area contributed by atoms with Crippen molar-refractivity contribution in [1.82, 2.24) is 10.7 Å². The summed E-state index contributed by atoms with van der Waals surface area (Å²) in [6.45, 7) is 0.359. The van der Waals surface area contributed by atoms with Crippen molar-refractivity contribution in [1.29, 1.82) is 0 Å². The zero-order valence-corrected chi connectivity index (χ0v) is 20.8. The number of carbonyl (C=O) groups is 2. The Hall–Kier alpha value is -2.94. The average Bonchev–Trinajstić information content (AvgIpc) is 2.81. The molecule has 0 bridgehead atoms. The Morgan fingerprint density at radius 1 is 1.06 bits per heavy atom. The summed E-state index contributed by atoms with van der Waals surface area (Å²) in [5, 5.41) is 7.35. The van der Waals surface area contributed by atoms with Crippen molar-refractivity contribution in [3.63, 3.8) is 0 Å². The molecule has 176 valence electrons. The molecule has 0 unspecified atom stereocenters. The van der Waals surface area contributed by atoms with E-state index < -0.39 is 17.6 Å². The number of nitrogens with zero attached hydrogens (tertiary/aromatic N) is 1. The molecule has 10 heteroatoms. The van der Waals surface area contributed by atoms with Crippen molar-refractivity contribution in [2.45, 2.75) is 13.0 Å². The molecule has 0 radical (unpaired) electrons. The summed E-state index contributed by atoms with van der Waals surface area (Å²) < 4.78 is 20.1. The van der Waals surface area contributed by atoms with Crippen molar-refractivity contribution in [2.24, 2.45) is 5.10 Å². The molecule has 3 aromatic carbocycles. The maximum absolute atomic E-state index is 13.6. The molecular weight excluding hydrogens is 548 g/mol. The van der Waals surface area contributed by atoms with Crippen LogP contribution in [-0.2, 0) is 11.4 Å². The summed E-state index contributed by atoms with van der Waals surface area (Å²) in [5.41, 5.74) is 3.91. The van der Waals surface area contributed by atoms with Crippen molar-refractivity contribution in [3.05, 3.63) is 97.7 Å². The predicted molar refractivity (Wildman–Crippen MR) is 134 cm³/mol. The third kappa shape index (κ3) is 7.55. The number of halogens is 4. The number of hydrogen-bond acceptors (Lipinski definition) is 4. The van der Waals surface area contributed by atoms with Crippen LogP contribution in [-0.4, -0.2) is 24.6 Å². The highest BCUT2D eigenvalue weighted by Gasteiger charge is 2.10. The number of amides is 2. The Balaban J connectivity index is 1.43. The zero-order valence-electron chi connectivity index (χ0n) is 17.7. The van der Waals surface area contributed by atoms with Gasteiger partial charge in [0.05, 0.1) is 26.3 Å². The lowest BCUT2D eigenvalue weighted by Crippen LogP contribution is -2.29. The molecular formula is C24H19BrCl2FN3O3. The van der Waals surface area contributed by atoms with Gasteiger partial charge in [0.1, 0.15) is 18.2 Å². The zero-order chi connectivity index (χ0) is 24.5. The van der Waals surface area contributed by atoms with Crippen molar-refractivity contribution in [3.8, 4) is 5.75 Å². The van der Waals surface area contributed by atoms with Crippen LogP contribution in [0.3, 0.4) is 0 Å². The van der Waals surface area contributed by atoms with Gasteiger partial charge in [-0.2, -0.15) is 5.10 Å². The molecule has 3 aromatic rings. The molecule has 2 N–H and O–H groups in total. The fourth-order valence-corrected chi connectivity index (χ4v) is 3.60. The topological polar surface area (TPSA) is 79.8 Å². The van der Waals surface area contributed by atoms with E-state index in [9.17, 15) is 14.0 Å². The van der Waals surface area contributed by atoms with Crippen LogP contribution >= 0.6 is 39.1 Å². The first kappa shape index (κ1) is 25.7. The maximum atomic E-state index is 13.6. The molecule has 0 atom stereocenters. The van der Waals surface area contributed by atoms with Gasteiger partial charge < -0.3 is 10.1 Å². The van der Waals surface area contributed by atoms with E-state index in [1.807, 2.05) is 6.07 Å². The van der Waals surface area contributed by atoms with E-state index in [0.29, 0.717) is 26.9 Å². The third-order valence-electron chi connectivity index (χ3n) is 4.49. The molecule has 0 saturated heterocycles. The third-order valence-corrected chi connectivity index (χ3v) is 5.85. The SMILES string of the molecule is O=C(CCNC(=O)c1ccccc1F)NN=Cc1ccc(OCc2ccc(Cl)c(Cl)c2)c(Br)c1. The monoisotopic (exact) mass is 565 g/mol. The normalized spacial score (nSPS) is 10.8. The quantitative estimate of drug-likeness (QED) is 0.256. The van der Waals surface area contributed by atoms with Gasteiger partial charge in [-0.15, -0.1) is 0 Å². The predicted octanol–water partition coefficient (Wildman–Crippen LogP) is 5.74. The molecule has 3 rings (SSSR count). The minimum Gasteiger partial charge on any atom is -0.488 e. The second kappa shape index (κ2) is 12.5. The maximum Gasteiger partial charge on any atom is 0.254 e. The van der Waals surface area contributed by atoms with Crippen LogP contribution in [0.25, 0.3) is 0 Å². The highest BCUT2D eigenvalue weighted by Crippen LogP contribution is 2.28. The summed E-state index contributed by atoms with van der Waals surface area (Å²) in [6, 6.07) is 16.2. The first-order valence-electron chi connectivity index (χ1n) is 10.0. The molecule has 0 aliphatic rings. The van der Waals surface area contributed by atoms with E-state index in [1.165, 1.54) is 24.4 Å². The lowest BCUT2D eigenvalue weighted by Gasteiger charge is -2.09. The first-order valence-corrected chi connectivity index (χ1v) is 11.6. The highest BCUT2D eigenvalue weighted by atomic mass is 79.9. The Morgan fingerprint density at radius 2 is 1.85 bits per heavy atom. The van der Waals surface area contributed by atoms with Crippen molar-refractivity contribution >= 4 is 57.2 Å². The Morgan fingerprint density at radius 3 is 2.59 bits per heavy atom. The van der Waals surface area contributed by atoms with Gasteiger partial charge in [-0.25, -0.2) is 9.82 Å². The van der Waals surface area contributed by atoms with Gasteiger partial charge >= 0.3 is 0 Å². The molecule has 0 saturated carbocycles. The first-order chi connectivity index (χ1) is 16.3. The van der Waals surface area contributed by atoms with Crippen LogP contribution < -0.4 is 15.5 Å².